The standard InChI is InChI=1S/C21H14BrN3O/c22-20-13-23-19(12-24-20)21(26)25-18-11-4-3-9-17(18)16-10-5-7-14-6-1-2-8-15(14)16/h1-13H,(H,25,26). The first-order valence-electron chi connectivity index (χ1n) is 8.08. The number of carbonyl (C=O) groups excluding carboxylic acids is 1. The molecule has 1 amide bonds. The number of rotatable bonds is 3. The minimum atomic E-state index is -0.294. The number of benzene rings is 3. The Morgan fingerprint density at radius 3 is 2.38 bits per heavy atom. The van der Waals surface area contributed by atoms with Crippen LogP contribution in [0.4, 0.5) is 5.69 Å². The van der Waals surface area contributed by atoms with Gasteiger partial charge in [0.1, 0.15) is 10.3 Å². The Kier molecular flexibility index (Phi) is 4.46. The van der Waals surface area contributed by atoms with E-state index in [0.717, 1.165) is 27.6 Å². The molecule has 0 radical (unpaired) electrons. The van der Waals surface area contributed by atoms with Gasteiger partial charge in [0.25, 0.3) is 5.91 Å². The maximum Gasteiger partial charge on any atom is 0.275 e. The number of amides is 1. The highest BCUT2D eigenvalue weighted by Crippen LogP contribution is 2.33. The molecule has 3 aromatic carbocycles. The number of aromatic nitrogens is 2. The third-order valence-electron chi connectivity index (χ3n) is 4.11. The quantitative estimate of drug-likeness (QED) is 0.504. The van der Waals surface area contributed by atoms with E-state index >= 15 is 0 Å². The van der Waals surface area contributed by atoms with Gasteiger partial charge in [-0.1, -0.05) is 60.7 Å². The number of nitrogens with zero attached hydrogens (tertiary/aromatic N) is 2. The number of hydrogen-bond donors (Lipinski definition) is 1. The van der Waals surface area contributed by atoms with Crippen molar-refractivity contribution >= 4 is 38.3 Å². The summed E-state index contributed by atoms with van der Waals surface area (Å²) < 4.78 is 0.588. The number of para-hydroxylation sites is 1. The largest absolute Gasteiger partial charge is 0.320 e. The van der Waals surface area contributed by atoms with Crippen molar-refractivity contribution in [2.24, 2.45) is 0 Å². The lowest BCUT2D eigenvalue weighted by Crippen LogP contribution is -2.14. The summed E-state index contributed by atoms with van der Waals surface area (Å²) >= 11 is 3.22. The SMILES string of the molecule is O=C(Nc1ccccc1-c1cccc2ccccc12)c1cnc(Br)cn1. The predicted molar refractivity (Wildman–Crippen MR) is 107 cm³/mol. The van der Waals surface area contributed by atoms with Crippen LogP contribution in [0.15, 0.2) is 83.7 Å². The normalized spacial score (nSPS) is 10.7. The fraction of sp³-hybridized carbons (Fsp3) is 0. The molecule has 1 N–H and O–H groups in total. The van der Waals surface area contributed by atoms with Crippen molar-refractivity contribution in [3.05, 3.63) is 89.4 Å². The first-order valence-corrected chi connectivity index (χ1v) is 8.88. The summed E-state index contributed by atoms with van der Waals surface area (Å²) in [4.78, 5) is 20.7. The van der Waals surface area contributed by atoms with Gasteiger partial charge in [0.15, 0.2) is 0 Å². The minimum absolute atomic E-state index is 0.265. The average Bonchev–Trinajstić information content (AvgIpc) is 2.68. The van der Waals surface area contributed by atoms with Crippen LogP contribution in [0.1, 0.15) is 10.5 Å². The minimum Gasteiger partial charge on any atom is -0.320 e. The van der Waals surface area contributed by atoms with Gasteiger partial charge in [-0.2, -0.15) is 0 Å². The maximum absolute atomic E-state index is 12.5. The number of nitrogens with one attached hydrogen (secondary N) is 1. The Morgan fingerprint density at radius 2 is 1.54 bits per heavy atom. The zero-order valence-electron chi connectivity index (χ0n) is 13.7. The molecule has 26 heavy (non-hydrogen) atoms. The first-order chi connectivity index (χ1) is 12.7. The van der Waals surface area contributed by atoms with Crippen LogP contribution < -0.4 is 5.32 Å². The Balaban J connectivity index is 1.75. The predicted octanol–water partition coefficient (Wildman–Crippen LogP) is 5.31. The van der Waals surface area contributed by atoms with Gasteiger partial charge in [0, 0.05) is 11.3 Å². The second kappa shape index (κ2) is 7.06. The van der Waals surface area contributed by atoms with Crippen molar-refractivity contribution in [2.75, 3.05) is 5.32 Å². The fourth-order valence-corrected chi connectivity index (χ4v) is 3.11. The van der Waals surface area contributed by atoms with Crippen LogP contribution in [-0.4, -0.2) is 15.9 Å². The molecule has 4 nitrogen and oxygen atoms in total. The second-order valence-electron chi connectivity index (χ2n) is 5.75. The molecule has 4 rings (SSSR count). The smallest absolute Gasteiger partial charge is 0.275 e. The molecule has 0 bridgehead atoms. The molecule has 1 aromatic heterocycles. The van der Waals surface area contributed by atoms with E-state index in [1.54, 1.807) is 0 Å². The van der Waals surface area contributed by atoms with E-state index in [-0.39, 0.29) is 11.6 Å². The van der Waals surface area contributed by atoms with E-state index in [0.29, 0.717) is 4.60 Å². The van der Waals surface area contributed by atoms with Crippen LogP contribution in [0.3, 0.4) is 0 Å². The summed E-state index contributed by atoms with van der Waals surface area (Å²) in [5, 5.41) is 5.25. The molecule has 0 fully saturated rings. The third kappa shape index (κ3) is 3.21. The van der Waals surface area contributed by atoms with Crippen LogP contribution in [0.5, 0.6) is 0 Å². The summed E-state index contributed by atoms with van der Waals surface area (Å²) in [5.41, 5.74) is 3.03. The van der Waals surface area contributed by atoms with E-state index in [1.807, 2.05) is 42.5 Å². The molecule has 5 heteroatoms. The number of hydrogen-bond acceptors (Lipinski definition) is 3. The monoisotopic (exact) mass is 403 g/mol. The second-order valence-corrected chi connectivity index (χ2v) is 6.56. The van der Waals surface area contributed by atoms with Crippen molar-refractivity contribution in [1.29, 1.82) is 0 Å². The Morgan fingerprint density at radius 1 is 0.808 bits per heavy atom. The molecular weight excluding hydrogens is 390 g/mol. The van der Waals surface area contributed by atoms with Crippen LogP contribution in [0.2, 0.25) is 0 Å². The molecule has 0 aliphatic carbocycles. The van der Waals surface area contributed by atoms with Crippen molar-refractivity contribution in [3.63, 3.8) is 0 Å². The third-order valence-corrected chi connectivity index (χ3v) is 4.52. The topological polar surface area (TPSA) is 54.9 Å². The van der Waals surface area contributed by atoms with E-state index < -0.39 is 0 Å². The summed E-state index contributed by atoms with van der Waals surface area (Å²) in [6.45, 7) is 0. The van der Waals surface area contributed by atoms with Crippen LogP contribution in [0.25, 0.3) is 21.9 Å². The van der Waals surface area contributed by atoms with Gasteiger partial charge in [0.05, 0.1) is 12.4 Å². The lowest BCUT2D eigenvalue weighted by Gasteiger charge is -2.13. The van der Waals surface area contributed by atoms with Crippen molar-refractivity contribution in [2.45, 2.75) is 0 Å². The summed E-state index contributed by atoms with van der Waals surface area (Å²) in [7, 11) is 0. The number of halogens is 1. The lowest BCUT2D eigenvalue weighted by molar-refractivity contribution is 0.102. The molecule has 0 saturated heterocycles. The van der Waals surface area contributed by atoms with Gasteiger partial charge in [0.2, 0.25) is 0 Å². The van der Waals surface area contributed by atoms with Gasteiger partial charge in [-0.3, -0.25) is 4.79 Å². The zero-order valence-corrected chi connectivity index (χ0v) is 15.3. The molecule has 0 aliphatic rings. The summed E-state index contributed by atoms with van der Waals surface area (Å²) in [6, 6.07) is 22.1. The molecule has 0 saturated carbocycles. The summed E-state index contributed by atoms with van der Waals surface area (Å²) in [5.74, 6) is -0.294. The maximum atomic E-state index is 12.5. The van der Waals surface area contributed by atoms with Gasteiger partial charge in [-0.05, 0) is 38.3 Å². The zero-order chi connectivity index (χ0) is 17.9. The van der Waals surface area contributed by atoms with E-state index in [4.69, 9.17) is 0 Å². The summed E-state index contributed by atoms with van der Waals surface area (Å²) in [6.07, 6.45) is 2.95. The molecule has 1 heterocycles. The molecular formula is C21H14BrN3O. The van der Waals surface area contributed by atoms with Crippen molar-refractivity contribution < 1.29 is 4.79 Å². The van der Waals surface area contributed by atoms with Crippen molar-refractivity contribution in [1.82, 2.24) is 9.97 Å². The van der Waals surface area contributed by atoms with Gasteiger partial charge < -0.3 is 5.32 Å². The number of fused-ring (bicyclic) bond motifs is 1. The Bertz CT molecular complexity index is 1090. The van der Waals surface area contributed by atoms with E-state index in [9.17, 15) is 4.79 Å². The first kappa shape index (κ1) is 16.4. The average molecular weight is 404 g/mol. The highest BCUT2D eigenvalue weighted by Gasteiger charge is 2.13. The molecule has 4 aromatic rings. The van der Waals surface area contributed by atoms with Gasteiger partial charge >= 0.3 is 0 Å². The Hall–Kier alpha value is -3.05. The highest BCUT2D eigenvalue weighted by atomic mass is 79.9. The van der Waals surface area contributed by atoms with Gasteiger partial charge in [-0.15, -0.1) is 0 Å². The number of carbonyl (C=O) groups is 1. The van der Waals surface area contributed by atoms with Crippen molar-refractivity contribution in [3.8, 4) is 11.1 Å². The van der Waals surface area contributed by atoms with Crippen LogP contribution >= 0.6 is 15.9 Å². The lowest BCUT2D eigenvalue weighted by atomic mass is 9.97. The number of anilines is 1. The van der Waals surface area contributed by atoms with E-state index in [1.165, 1.54) is 12.4 Å². The molecule has 0 atom stereocenters. The highest BCUT2D eigenvalue weighted by molar-refractivity contribution is 9.10. The molecule has 0 unspecified atom stereocenters. The molecule has 126 valence electrons. The van der Waals surface area contributed by atoms with Crippen LogP contribution in [-0.2, 0) is 0 Å². The van der Waals surface area contributed by atoms with E-state index in [2.05, 4.69) is 55.5 Å². The van der Waals surface area contributed by atoms with Gasteiger partial charge in [-0.25, -0.2) is 9.97 Å². The molecule has 0 spiro atoms. The Labute approximate surface area is 159 Å². The molecule has 0 aliphatic heterocycles. The van der Waals surface area contributed by atoms with Crippen LogP contribution in [0, 0.1) is 0 Å². The fourth-order valence-electron chi connectivity index (χ4n) is 2.90.